The summed E-state index contributed by atoms with van der Waals surface area (Å²) in [6.45, 7) is 3.75. The number of ether oxygens (including phenoxy) is 2. The third-order valence-corrected chi connectivity index (χ3v) is 4.71. The molecule has 0 bridgehead atoms. The van der Waals surface area contributed by atoms with Crippen molar-refractivity contribution >= 4 is 0 Å². The van der Waals surface area contributed by atoms with E-state index in [1.807, 2.05) is 41.9 Å². The first-order valence-corrected chi connectivity index (χ1v) is 8.72. The topological polar surface area (TPSA) is 50.4 Å². The van der Waals surface area contributed by atoms with Crippen molar-refractivity contribution in [2.24, 2.45) is 13.0 Å². The summed E-state index contributed by atoms with van der Waals surface area (Å²) >= 11 is 0. The van der Waals surface area contributed by atoms with Gasteiger partial charge in [0.25, 0.3) is 0 Å². The molecule has 2 aromatic rings. The van der Waals surface area contributed by atoms with E-state index < -0.39 is 0 Å². The van der Waals surface area contributed by atoms with E-state index in [4.69, 9.17) is 14.7 Å². The summed E-state index contributed by atoms with van der Waals surface area (Å²) in [4.78, 5) is 2.46. The Morgan fingerprint density at radius 3 is 2.88 bits per heavy atom. The van der Waals surface area contributed by atoms with Gasteiger partial charge in [0.15, 0.2) is 0 Å². The summed E-state index contributed by atoms with van der Waals surface area (Å²) in [6.07, 6.45) is 4.43. The molecular weight excluding hydrogens is 314 g/mol. The molecule has 1 fully saturated rings. The molecule has 0 aliphatic carbocycles. The average Bonchev–Trinajstić information content (AvgIpc) is 2.99. The molecule has 0 spiro atoms. The lowest BCUT2D eigenvalue weighted by molar-refractivity contribution is 0.125. The van der Waals surface area contributed by atoms with Crippen LogP contribution in [0.3, 0.4) is 0 Å². The molecule has 1 atom stereocenters. The van der Waals surface area contributed by atoms with E-state index in [0.29, 0.717) is 11.6 Å². The van der Waals surface area contributed by atoms with Gasteiger partial charge in [-0.2, -0.15) is 5.26 Å². The van der Waals surface area contributed by atoms with Crippen LogP contribution in [0.15, 0.2) is 36.5 Å². The molecule has 1 aliphatic heterocycles. The Morgan fingerprint density at radius 1 is 1.28 bits per heavy atom. The fraction of sp³-hybridized carbons (Fsp3) is 0.450. The van der Waals surface area contributed by atoms with Gasteiger partial charge in [-0.3, -0.25) is 4.90 Å². The molecule has 2 heterocycles. The fourth-order valence-electron chi connectivity index (χ4n) is 3.42. The highest BCUT2D eigenvalue weighted by molar-refractivity contribution is 5.32. The van der Waals surface area contributed by atoms with Gasteiger partial charge in [0.1, 0.15) is 23.3 Å². The minimum absolute atomic E-state index is 0.527. The van der Waals surface area contributed by atoms with E-state index in [2.05, 4.69) is 17.2 Å². The molecule has 0 amide bonds. The zero-order valence-electron chi connectivity index (χ0n) is 14.9. The van der Waals surface area contributed by atoms with Crippen LogP contribution >= 0.6 is 0 Å². The van der Waals surface area contributed by atoms with Crippen LogP contribution in [0.2, 0.25) is 0 Å². The summed E-state index contributed by atoms with van der Waals surface area (Å²) in [6, 6.07) is 12.0. The number of aryl methyl sites for hydroxylation is 1. The van der Waals surface area contributed by atoms with Gasteiger partial charge in [0, 0.05) is 38.3 Å². The maximum Gasteiger partial charge on any atom is 0.122 e. The molecule has 1 unspecified atom stereocenters. The van der Waals surface area contributed by atoms with Crippen molar-refractivity contribution in [3.05, 3.63) is 47.8 Å². The van der Waals surface area contributed by atoms with Crippen LogP contribution in [-0.2, 0) is 13.6 Å². The third kappa shape index (κ3) is 4.55. The van der Waals surface area contributed by atoms with Crippen LogP contribution in [0.25, 0.3) is 0 Å². The minimum atomic E-state index is 0.527. The summed E-state index contributed by atoms with van der Waals surface area (Å²) < 4.78 is 13.1. The molecule has 25 heavy (non-hydrogen) atoms. The van der Waals surface area contributed by atoms with E-state index in [9.17, 15) is 0 Å². The molecule has 0 N–H and O–H groups in total. The quantitative estimate of drug-likeness (QED) is 0.811. The van der Waals surface area contributed by atoms with Gasteiger partial charge >= 0.3 is 0 Å². The maximum atomic E-state index is 9.09. The SMILES string of the molecule is COc1cccc(OCC2CCCN(Cc3cc(C#N)n(C)c3)C2)c1. The van der Waals surface area contributed by atoms with Crippen molar-refractivity contribution < 1.29 is 9.47 Å². The van der Waals surface area contributed by atoms with Gasteiger partial charge in [-0.25, -0.2) is 0 Å². The monoisotopic (exact) mass is 339 g/mol. The lowest BCUT2D eigenvalue weighted by Crippen LogP contribution is -2.37. The van der Waals surface area contributed by atoms with Crippen LogP contribution in [0, 0.1) is 17.2 Å². The lowest BCUT2D eigenvalue weighted by atomic mass is 9.98. The Morgan fingerprint density at radius 2 is 2.12 bits per heavy atom. The van der Waals surface area contributed by atoms with Crippen LogP contribution in [0.1, 0.15) is 24.1 Å². The summed E-state index contributed by atoms with van der Waals surface area (Å²) in [5.74, 6) is 2.21. The predicted octanol–water partition coefficient (Wildman–Crippen LogP) is 3.20. The van der Waals surface area contributed by atoms with Gasteiger partial charge < -0.3 is 14.0 Å². The third-order valence-electron chi connectivity index (χ3n) is 4.71. The Labute approximate surface area is 149 Å². The molecule has 3 rings (SSSR count). The smallest absolute Gasteiger partial charge is 0.122 e. The molecule has 0 radical (unpaired) electrons. The predicted molar refractivity (Wildman–Crippen MR) is 96.6 cm³/mol. The van der Waals surface area contributed by atoms with Gasteiger partial charge in [-0.1, -0.05) is 6.07 Å². The second-order valence-electron chi connectivity index (χ2n) is 6.69. The Bertz CT molecular complexity index is 748. The summed E-state index contributed by atoms with van der Waals surface area (Å²) in [5.41, 5.74) is 1.92. The number of hydrogen-bond acceptors (Lipinski definition) is 4. The Balaban J connectivity index is 1.53. The van der Waals surface area contributed by atoms with Crippen LogP contribution in [-0.4, -0.2) is 36.3 Å². The Hall–Kier alpha value is -2.45. The Kier molecular flexibility index (Phi) is 5.62. The first kappa shape index (κ1) is 17.4. The molecule has 1 aliphatic rings. The van der Waals surface area contributed by atoms with Crippen LogP contribution in [0.5, 0.6) is 11.5 Å². The van der Waals surface area contributed by atoms with Gasteiger partial charge in [-0.15, -0.1) is 0 Å². The summed E-state index contributed by atoms with van der Waals surface area (Å²) in [7, 11) is 3.59. The molecule has 1 aromatic carbocycles. The number of hydrogen-bond donors (Lipinski definition) is 0. The number of rotatable bonds is 6. The normalized spacial score (nSPS) is 17.9. The molecule has 0 saturated carbocycles. The average molecular weight is 339 g/mol. The van der Waals surface area contributed by atoms with Gasteiger partial charge in [0.2, 0.25) is 0 Å². The molecule has 5 heteroatoms. The van der Waals surface area contributed by atoms with Crippen molar-refractivity contribution in [1.82, 2.24) is 9.47 Å². The second kappa shape index (κ2) is 8.09. The van der Waals surface area contributed by atoms with Crippen molar-refractivity contribution in [3.8, 4) is 17.6 Å². The molecular formula is C20H25N3O2. The number of piperidine rings is 1. The van der Waals surface area contributed by atoms with Gasteiger partial charge in [-0.05, 0) is 43.1 Å². The number of benzene rings is 1. The number of nitrogens with zero attached hydrogens (tertiary/aromatic N) is 3. The van der Waals surface area contributed by atoms with Crippen molar-refractivity contribution in [1.29, 1.82) is 5.26 Å². The molecule has 132 valence electrons. The van der Waals surface area contributed by atoms with E-state index in [1.165, 1.54) is 18.4 Å². The number of likely N-dealkylation sites (tertiary alicyclic amines) is 1. The van der Waals surface area contributed by atoms with Crippen molar-refractivity contribution in [3.63, 3.8) is 0 Å². The summed E-state index contributed by atoms with van der Waals surface area (Å²) in [5, 5.41) is 9.09. The standard InChI is InChI=1S/C20H25N3O2/c1-22-12-17(9-18(22)11-21)14-23-8-4-5-16(13-23)15-25-20-7-3-6-19(10-20)24-2/h3,6-7,9-10,12,16H,4-5,8,13-15H2,1-2H3. The maximum absolute atomic E-state index is 9.09. The highest BCUT2D eigenvalue weighted by Gasteiger charge is 2.21. The zero-order chi connectivity index (χ0) is 17.6. The zero-order valence-corrected chi connectivity index (χ0v) is 14.9. The number of nitriles is 1. The number of methoxy groups -OCH3 is 1. The first-order chi connectivity index (χ1) is 12.2. The van der Waals surface area contributed by atoms with Crippen molar-refractivity contribution in [2.75, 3.05) is 26.8 Å². The van der Waals surface area contributed by atoms with Crippen LogP contribution < -0.4 is 9.47 Å². The van der Waals surface area contributed by atoms with E-state index in [-0.39, 0.29) is 0 Å². The minimum Gasteiger partial charge on any atom is -0.497 e. The van der Waals surface area contributed by atoms with E-state index >= 15 is 0 Å². The van der Waals surface area contributed by atoms with E-state index in [1.54, 1.807) is 7.11 Å². The van der Waals surface area contributed by atoms with Crippen LogP contribution in [0.4, 0.5) is 0 Å². The fourth-order valence-corrected chi connectivity index (χ4v) is 3.42. The highest BCUT2D eigenvalue weighted by Crippen LogP contribution is 2.23. The highest BCUT2D eigenvalue weighted by atomic mass is 16.5. The second-order valence-corrected chi connectivity index (χ2v) is 6.69. The van der Waals surface area contributed by atoms with Crippen molar-refractivity contribution in [2.45, 2.75) is 19.4 Å². The lowest BCUT2D eigenvalue weighted by Gasteiger charge is -2.32. The molecule has 5 nitrogen and oxygen atoms in total. The molecule has 1 saturated heterocycles. The number of aromatic nitrogens is 1. The van der Waals surface area contributed by atoms with Gasteiger partial charge in [0.05, 0.1) is 13.7 Å². The largest absolute Gasteiger partial charge is 0.497 e. The first-order valence-electron chi connectivity index (χ1n) is 8.72. The molecule has 1 aromatic heterocycles. The van der Waals surface area contributed by atoms with E-state index in [0.717, 1.165) is 37.7 Å².